The Morgan fingerprint density at radius 2 is 2.33 bits per heavy atom. The molecule has 0 saturated carbocycles. The maximum atomic E-state index is 10.2. The summed E-state index contributed by atoms with van der Waals surface area (Å²) in [6, 6.07) is 6.82. The van der Waals surface area contributed by atoms with Crippen LogP contribution in [0.2, 0.25) is 5.02 Å². The van der Waals surface area contributed by atoms with Gasteiger partial charge in [-0.05, 0) is 17.7 Å². The number of carboxylic acid groups (broad SMARTS) is 1. The molecule has 1 aromatic rings. The molecule has 0 aliphatic rings. The number of carbonyl (C=O) groups is 1. The Morgan fingerprint density at radius 3 is 2.87 bits per heavy atom. The SMILES string of the molecule is N#Cc1ccc(C=CCC(=O)O)c(Cl)c1. The minimum atomic E-state index is -0.893. The van der Waals surface area contributed by atoms with Crippen LogP contribution in [0.1, 0.15) is 17.5 Å². The number of carboxylic acids is 1. The molecule has 0 unspecified atom stereocenters. The maximum Gasteiger partial charge on any atom is 0.307 e. The van der Waals surface area contributed by atoms with Crippen LogP contribution in [-0.2, 0) is 4.79 Å². The summed E-state index contributed by atoms with van der Waals surface area (Å²) in [5.74, 6) is -0.893. The largest absolute Gasteiger partial charge is 0.481 e. The van der Waals surface area contributed by atoms with Gasteiger partial charge in [-0.25, -0.2) is 0 Å². The lowest BCUT2D eigenvalue weighted by Gasteiger charge is -1.97. The molecule has 0 heterocycles. The second-order valence-electron chi connectivity index (χ2n) is 2.85. The monoisotopic (exact) mass is 221 g/mol. The third-order valence-corrected chi connectivity index (χ3v) is 2.05. The smallest absolute Gasteiger partial charge is 0.307 e. The predicted molar refractivity (Wildman–Crippen MR) is 57.5 cm³/mol. The Labute approximate surface area is 92.2 Å². The van der Waals surface area contributed by atoms with Crippen LogP contribution >= 0.6 is 11.6 Å². The number of nitriles is 1. The standard InChI is InChI=1S/C11H8ClNO2/c12-10-6-8(7-13)4-5-9(10)2-1-3-11(14)15/h1-2,4-6H,3H2,(H,14,15). The molecule has 3 nitrogen and oxygen atoms in total. The normalized spacial score (nSPS) is 10.1. The third-order valence-electron chi connectivity index (χ3n) is 1.72. The number of aliphatic carboxylic acids is 1. The number of hydrogen-bond donors (Lipinski definition) is 1. The molecule has 0 spiro atoms. The van der Waals surface area contributed by atoms with Crippen molar-refractivity contribution >= 4 is 23.6 Å². The van der Waals surface area contributed by atoms with E-state index in [1.165, 1.54) is 6.08 Å². The summed E-state index contributed by atoms with van der Waals surface area (Å²) in [6.07, 6.45) is 3.09. The van der Waals surface area contributed by atoms with Gasteiger partial charge in [-0.3, -0.25) is 4.79 Å². The van der Waals surface area contributed by atoms with E-state index in [1.807, 2.05) is 6.07 Å². The molecular formula is C11H8ClNO2. The predicted octanol–water partition coefficient (Wildman–Crippen LogP) is 2.70. The summed E-state index contributed by atoms with van der Waals surface area (Å²) in [4.78, 5) is 10.2. The zero-order valence-corrected chi connectivity index (χ0v) is 8.53. The lowest BCUT2D eigenvalue weighted by Crippen LogP contribution is -1.89. The van der Waals surface area contributed by atoms with Gasteiger partial charge in [0.1, 0.15) is 0 Å². The molecule has 0 bridgehead atoms. The van der Waals surface area contributed by atoms with E-state index in [0.717, 1.165) is 0 Å². The molecule has 1 aromatic carbocycles. The first-order valence-corrected chi connectivity index (χ1v) is 4.59. The van der Waals surface area contributed by atoms with Gasteiger partial charge < -0.3 is 5.11 Å². The summed E-state index contributed by atoms with van der Waals surface area (Å²) in [7, 11) is 0. The quantitative estimate of drug-likeness (QED) is 0.854. The van der Waals surface area contributed by atoms with Gasteiger partial charge in [0.2, 0.25) is 0 Å². The van der Waals surface area contributed by atoms with Crippen molar-refractivity contribution in [1.82, 2.24) is 0 Å². The zero-order valence-electron chi connectivity index (χ0n) is 7.77. The molecule has 0 atom stereocenters. The van der Waals surface area contributed by atoms with Gasteiger partial charge >= 0.3 is 5.97 Å². The van der Waals surface area contributed by atoms with Crippen molar-refractivity contribution < 1.29 is 9.90 Å². The van der Waals surface area contributed by atoms with Gasteiger partial charge in [0.05, 0.1) is 18.1 Å². The Morgan fingerprint density at radius 1 is 1.60 bits per heavy atom. The molecule has 0 radical (unpaired) electrons. The molecule has 76 valence electrons. The minimum Gasteiger partial charge on any atom is -0.481 e. The first kappa shape index (κ1) is 11.3. The van der Waals surface area contributed by atoms with Gasteiger partial charge in [-0.2, -0.15) is 5.26 Å². The maximum absolute atomic E-state index is 10.2. The highest BCUT2D eigenvalue weighted by Gasteiger charge is 1.98. The van der Waals surface area contributed by atoms with Crippen molar-refractivity contribution in [3.8, 4) is 6.07 Å². The van der Waals surface area contributed by atoms with E-state index in [1.54, 1.807) is 24.3 Å². The lowest BCUT2D eigenvalue weighted by molar-refractivity contribution is -0.135. The summed E-state index contributed by atoms with van der Waals surface area (Å²) < 4.78 is 0. The fraction of sp³-hybridized carbons (Fsp3) is 0.0909. The third kappa shape index (κ3) is 3.45. The van der Waals surface area contributed by atoms with E-state index < -0.39 is 5.97 Å². The number of rotatable bonds is 3. The number of benzene rings is 1. The van der Waals surface area contributed by atoms with E-state index in [2.05, 4.69) is 0 Å². The first-order chi connectivity index (χ1) is 7.13. The summed E-state index contributed by atoms with van der Waals surface area (Å²) in [5, 5.41) is 17.5. The van der Waals surface area contributed by atoms with Crippen molar-refractivity contribution in [2.45, 2.75) is 6.42 Å². The van der Waals surface area contributed by atoms with Crippen molar-refractivity contribution in [3.63, 3.8) is 0 Å². The van der Waals surface area contributed by atoms with E-state index >= 15 is 0 Å². The Balaban J connectivity index is 2.83. The van der Waals surface area contributed by atoms with Crippen LogP contribution in [0.15, 0.2) is 24.3 Å². The second-order valence-corrected chi connectivity index (χ2v) is 3.26. The molecule has 0 aliphatic heterocycles. The molecule has 0 aliphatic carbocycles. The minimum absolute atomic E-state index is 0.0453. The topological polar surface area (TPSA) is 61.1 Å². The van der Waals surface area contributed by atoms with Gasteiger partial charge in [0.25, 0.3) is 0 Å². The Hall–Kier alpha value is -1.79. The molecule has 1 N–H and O–H groups in total. The Kier molecular flexibility index (Phi) is 3.90. The highest BCUT2D eigenvalue weighted by Crippen LogP contribution is 2.19. The first-order valence-electron chi connectivity index (χ1n) is 4.21. The van der Waals surface area contributed by atoms with Crippen molar-refractivity contribution in [1.29, 1.82) is 5.26 Å². The zero-order chi connectivity index (χ0) is 11.3. The highest BCUT2D eigenvalue weighted by atomic mass is 35.5. The molecule has 15 heavy (non-hydrogen) atoms. The van der Waals surface area contributed by atoms with Crippen LogP contribution in [-0.4, -0.2) is 11.1 Å². The number of hydrogen-bond acceptors (Lipinski definition) is 2. The average Bonchev–Trinajstić information content (AvgIpc) is 2.20. The molecule has 0 amide bonds. The summed E-state index contributed by atoms with van der Waals surface area (Å²) >= 11 is 5.87. The second kappa shape index (κ2) is 5.18. The van der Waals surface area contributed by atoms with Crippen LogP contribution < -0.4 is 0 Å². The van der Waals surface area contributed by atoms with Crippen LogP contribution in [0.4, 0.5) is 0 Å². The van der Waals surface area contributed by atoms with Crippen molar-refractivity contribution in [3.05, 3.63) is 40.4 Å². The highest BCUT2D eigenvalue weighted by molar-refractivity contribution is 6.32. The van der Waals surface area contributed by atoms with E-state index in [-0.39, 0.29) is 6.42 Å². The van der Waals surface area contributed by atoms with Crippen LogP contribution in [0, 0.1) is 11.3 Å². The average molecular weight is 222 g/mol. The molecule has 4 heteroatoms. The van der Waals surface area contributed by atoms with Gasteiger partial charge in [0, 0.05) is 5.02 Å². The van der Waals surface area contributed by atoms with Crippen LogP contribution in [0.3, 0.4) is 0 Å². The molecule has 0 fully saturated rings. The van der Waals surface area contributed by atoms with Crippen molar-refractivity contribution in [2.24, 2.45) is 0 Å². The van der Waals surface area contributed by atoms with Crippen LogP contribution in [0.25, 0.3) is 6.08 Å². The van der Waals surface area contributed by atoms with E-state index in [9.17, 15) is 4.79 Å². The molecule has 1 rings (SSSR count). The van der Waals surface area contributed by atoms with E-state index in [4.69, 9.17) is 22.0 Å². The molecular weight excluding hydrogens is 214 g/mol. The van der Waals surface area contributed by atoms with Crippen LogP contribution in [0.5, 0.6) is 0 Å². The lowest BCUT2D eigenvalue weighted by atomic mass is 10.1. The number of halogens is 1. The summed E-state index contributed by atoms with van der Waals surface area (Å²) in [6.45, 7) is 0. The fourth-order valence-corrected chi connectivity index (χ4v) is 1.26. The fourth-order valence-electron chi connectivity index (χ4n) is 1.02. The van der Waals surface area contributed by atoms with Gasteiger partial charge in [0.15, 0.2) is 0 Å². The van der Waals surface area contributed by atoms with Crippen molar-refractivity contribution in [2.75, 3.05) is 0 Å². The Bertz CT molecular complexity index is 446. The molecule has 0 aromatic heterocycles. The van der Waals surface area contributed by atoms with Gasteiger partial charge in [-0.15, -0.1) is 0 Å². The van der Waals surface area contributed by atoms with Gasteiger partial charge in [-0.1, -0.05) is 29.8 Å². The molecule has 0 saturated heterocycles. The summed E-state index contributed by atoms with van der Waals surface area (Å²) in [5.41, 5.74) is 1.19. The van der Waals surface area contributed by atoms with E-state index in [0.29, 0.717) is 16.1 Å². The number of nitrogens with zero attached hydrogens (tertiary/aromatic N) is 1.